The maximum absolute atomic E-state index is 12.1. The van der Waals surface area contributed by atoms with Gasteiger partial charge in [-0.1, -0.05) is 24.3 Å². The monoisotopic (exact) mass is 526 g/mol. The molecule has 30 heavy (non-hydrogen) atoms. The van der Waals surface area contributed by atoms with Gasteiger partial charge in [0, 0.05) is 33.6 Å². The highest BCUT2D eigenvalue weighted by Crippen LogP contribution is 2.25. The summed E-state index contributed by atoms with van der Waals surface area (Å²) in [4.78, 5) is 20.4. The molecule has 1 fully saturated rings. The van der Waals surface area contributed by atoms with E-state index in [1.165, 1.54) is 11.1 Å². The van der Waals surface area contributed by atoms with Crippen LogP contribution in [0.4, 0.5) is 0 Å². The minimum Gasteiger partial charge on any atom is -0.469 e. The van der Waals surface area contributed by atoms with Gasteiger partial charge in [0.25, 0.3) is 0 Å². The van der Waals surface area contributed by atoms with Crippen LogP contribution in [0.5, 0.6) is 0 Å². The molecule has 164 valence electrons. The van der Waals surface area contributed by atoms with Crippen molar-refractivity contribution >= 4 is 35.8 Å². The van der Waals surface area contributed by atoms with Crippen molar-refractivity contribution in [3.05, 3.63) is 59.5 Å². The summed E-state index contributed by atoms with van der Waals surface area (Å²) in [5.74, 6) is 1.62. The van der Waals surface area contributed by atoms with Crippen LogP contribution in [0.1, 0.15) is 23.0 Å². The molecule has 1 aromatic carbocycles. The predicted molar refractivity (Wildman–Crippen MR) is 128 cm³/mol. The standard InChI is InChI=1S/C22H30N4O3.HI/c1-17-7-4-5-9-19(17)20-16-26(12-14-29-20)22(24-15-21(27)25(2)3)23-11-10-18-8-6-13-28-18;/h4-9,13,20H,10-12,14-16H2,1-3H3,(H,23,24);1H. The third-order valence-electron chi connectivity index (χ3n) is 5.00. The molecule has 0 saturated carbocycles. The number of aryl methyl sites for hydroxylation is 1. The first-order valence-electron chi connectivity index (χ1n) is 9.97. The number of hydrogen-bond donors (Lipinski definition) is 1. The molecule has 1 aliphatic rings. The Bertz CT molecular complexity index is 824. The topological polar surface area (TPSA) is 70.3 Å². The number of halogens is 1. The molecule has 1 aromatic heterocycles. The minimum atomic E-state index is -0.0287. The second-order valence-corrected chi connectivity index (χ2v) is 7.35. The number of furan rings is 1. The van der Waals surface area contributed by atoms with Crippen LogP contribution in [-0.4, -0.2) is 68.5 Å². The van der Waals surface area contributed by atoms with Crippen molar-refractivity contribution in [3.8, 4) is 0 Å². The van der Waals surface area contributed by atoms with Gasteiger partial charge in [-0.15, -0.1) is 24.0 Å². The Kier molecular flexibility index (Phi) is 9.64. The number of guanidine groups is 1. The summed E-state index contributed by atoms with van der Waals surface area (Å²) in [5.41, 5.74) is 2.41. The number of carbonyl (C=O) groups is 1. The number of aliphatic imine (C=N–C) groups is 1. The highest BCUT2D eigenvalue weighted by atomic mass is 127. The fourth-order valence-electron chi connectivity index (χ4n) is 3.28. The summed E-state index contributed by atoms with van der Waals surface area (Å²) in [6.07, 6.45) is 2.40. The average Bonchev–Trinajstić information content (AvgIpc) is 3.24. The second-order valence-electron chi connectivity index (χ2n) is 7.35. The average molecular weight is 526 g/mol. The molecule has 7 nitrogen and oxygen atoms in total. The lowest BCUT2D eigenvalue weighted by molar-refractivity contribution is -0.127. The third kappa shape index (κ3) is 6.73. The van der Waals surface area contributed by atoms with Crippen LogP contribution in [0.25, 0.3) is 0 Å². The highest BCUT2D eigenvalue weighted by Gasteiger charge is 2.25. The van der Waals surface area contributed by atoms with Crippen LogP contribution in [0, 0.1) is 6.92 Å². The van der Waals surface area contributed by atoms with Crippen molar-refractivity contribution in [3.63, 3.8) is 0 Å². The van der Waals surface area contributed by atoms with E-state index in [2.05, 4.69) is 34.3 Å². The molecular weight excluding hydrogens is 495 g/mol. The van der Waals surface area contributed by atoms with E-state index in [9.17, 15) is 4.79 Å². The Morgan fingerprint density at radius 2 is 2.07 bits per heavy atom. The van der Waals surface area contributed by atoms with E-state index in [1.807, 2.05) is 24.3 Å². The summed E-state index contributed by atoms with van der Waals surface area (Å²) in [5, 5.41) is 3.40. The fourth-order valence-corrected chi connectivity index (χ4v) is 3.28. The maximum Gasteiger partial charge on any atom is 0.243 e. The molecule has 1 aliphatic heterocycles. The van der Waals surface area contributed by atoms with E-state index in [0.29, 0.717) is 19.7 Å². The van der Waals surface area contributed by atoms with Crippen molar-refractivity contribution in [1.29, 1.82) is 0 Å². The zero-order valence-corrected chi connectivity index (χ0v) is 20.2. The van der Waals surface area contributed by atoms with E-state index in [4.69, 9.17) is 9.15 Å². The lowest BCUT2D eigenvalue weighted by Crippen LogP contribution is -2.49. The number of carbonyl (C=O) groups excluding carboxylic acids is 1. The van der Waals surface area contributed by atoms with E-state index >= 15 is 0 Å². The van der Waals surface area contributed by atoms with Crippen molar-refractivity contribution in [2.75, 3.05) is 46.9 Å². The van der Waals surface area contributed by atoms with Gasteiger partial charge in [0.05, 0.1) is 19.4 Å². The molecule has 1 N–H and O–H groups in total. The SMILES string of the molecule is Cc1ccccc1C1CN(C(=NCC(=O)N(C)C)NCCc2ccco2)CCO1.I. The van der Waals surface area contributed by atoms with Gasteiger partial charge in [-0.2, -0.15) is 0 Å². The first kappa shape index (κ1) is 24.2. The molecule has 3 rings (SSSR count). The number of nitrogens with zero attached hydrogens (tertiary/aromatic N) is 3. The molecule has 1 atom stereocenters. The molecule has 1 amide bonds. The van der Waals surface area contributed by atoms with Crippen molar-refractivity contribution in [2.45, 2.75) is 19.4 Å². The molecule has 1 saturated heterocycles. The van der Waals surface area contributed by atoms with Gasteiger partial charge in [0.15, 0.2) is 5.96 Å². The molecule has 0 spiro atoms. The zero-order valence-electron chi connectivity index (χ0n) is 17.8. The zero-order chi connectivity index (χ0) is 20.6. The van der Waals surface area contributed by atoms with Crippen molar-refractivity contribution < 1.29 is 13.9 Å². The summed E-state index contributed by atoms with van der Waals surface area (Å²) in [6.45, 7) is 4.92. The smallest absolute Gasteiger partial charge is 0.243 e. The van der Waals surface area contributed by atoms with Gasteiger partial charge >= 0.3 is 0 Å². The third-order valence-corrected chi connectivity index (χ3v) is 5.00. The Balaban J connectivity index is 0.00000320. The fraction of sp³-hybridized carbons (Fsp3) is 0.455. The molecule has 0 radical (unpaired) electrons. The second kappa shape index (κ2) is 11.9. The van der Waals surface area contributed by atoms with E-state index in [0.717, 1.165) is 24.7 Å². The van der Waals surface area contributed by atoms with Crippen LogP contribution in [-0.2, 0) is 16.0 Å². The van der Waals surface area contributed by atoms with E-state index < -0.39 is 0 Å². The van der Waals surface area contributed by atoms with Crippen LogP contribution in [0.15, 0.2) is 52.1 Å². The van der Waals surface area contributed by atoms with Crippen LogP contribution >= 0.6 is 24.0 Å². The number of rotatable bonds is 6. The van der Waals surface area contributed by atoms with Gasteiger partial charge in [0.1, 0.15) is 18.4 Å². The number of benzene rings is 1. The molecule has 8 heteroatoms. The highest BCUT2D eigenvalue weighted by molar-refractivity contribution is 14.0. The molecule has 1 unspecified atom stereocenters. The predicted octanol–water partition coefficient (Wildman–Crippen LogP) is 2.86. The molecule has 0 bridgehead atoms. The number of likely N-dealkylation sites (N-methyl/N-ethyl adjacent to an activating group) is 1. The van der Waals surface area contributed by atoms with Crippen LogP contribution in [0.2, 0.25) is 0 Å². The number of hydrogen-bond acceptors (Lipinski definition) is 4. The Hall–Kier alpha value is -2.07. The largest absolute Gasteiger partial charge is 0.469 e. The Labute approximate surface area is 195 Å². The van der Waals surface area contributed by atoms with Crippen LogP contribution < -0.4 is 5.32 Å². The number of ether oxygens (including phenoxy) is 1. The molecular formula is C22H31IN4O3. The van der Waals surface area contributed by atoms with Gasteiger partial charge < -0.3 is 24.3 Å². The number of nitrogens with one attached hydrogen (secondary N) is 1. The first-order chi connectivity index (χ1) is 14.0. The first-order valence-corrected chi connectivity index (χ1v) is 9.97. The summed E-state index contributed by atoms with van der Waals surface area (Å²) in [7, 11) is 3.48. The van der Waals surface area contributed by atoms with Gasteiger partial charge in [-0.25, -0.2) is 4.99 Å². The summed E-state index contributed by atoms with van der Waals surface area (Å²) >= 11 is 0. The summed E-state index contributed by atoms with van der Waals surface area (Å²) < 4.78 is 11.4. The minimum absolute atomic E-state index is 0. The van der Waals surface area contributed by atoms with E-state index in [-0.39, 0.29) is 42.5 Å². The van der Waals surface area contributed by atoms with Gasteiger partial charge in [0.2, 0.25) is 5.91 Å². The Morgan fingerprint density at radius 3 is 2.77 bits per heavy atom. The lowest BCUT2D eigenvalue weighted by Gasteiger charge is -2.36. The van der Waals surface area contributed by atoms with Crippen LogP contribution in [0.3, 0.4) is 0 Å². The summed E-state index contributed by atoms with van der Waals surface area (Å²) in [6, 6.07) is 12.1. The number of amides is 1. The molecule has 2 aromatic rings. The lowest BCUT2D eigenvalue weighted by atomic mass is 10.0. The van der Waals surface area contributed by atoms with Gasteiger partial charge in [-0.05, 0) is 30.2 Å². The van der Waals surface area contributed by atoms with E-state index in [1.54, 1.807) is 25.3 Å². The van der Waals surface area contributed by atoms with Crippen molar-refractivity contribution in [1.82, 2.24) is 15.1 Å². The Morgan fingerprint density at radius 1 is 1.27 bits per heavy atom. The number of morpholine rings is 1. The molecule has 2 heterocycles. The van der Waals surface area contributed by atoms with Crippen molar-refractivity contribution in [2.24, 2.45) is 4.99 Å². The van der Waals surface area contributed by atoms with Gasteiger partial charge in [-0.3, -0.25) is 4.79 Å². The quantitative estimate of drug-likeness (QED) is 0.356. The molecule has 0 aliphatic carbocycles. The normalized spacial score (nSPS) is 16.7. The maximum atomic E-state index is 12.1.